The number of hydrogen-bond donors (Lipinski definition) is 2. The van der Waals surface area contributed by atoms with Crippen LogP contribution in [0.25, 0.3) is 0 Å². The molecule has 0 bridgehead atoms. The summed E-state index contributed by atoms with van der Waals surface area (Å²) in [6.45, 7) is 1.82. The molecule has 1 aromatic carbocycles. The summed E-state index contributed by atoms with van der Waals surface area (Å²) in [4.78, 5) is 9.90. The van der Waals surface area contributed by atoms with Crippen molar-refractivity contribution in [3.05, 3.63) is 28.3 Å². The van der Waals surface area contributed by atoms with Gasteiger partial charge < -0.3 is 5.73 Å². The third-order valence-corrected chi connectivity index (χ3v) is 5.26. The summed E-state index contributed by atoms with van der Waals surface area (Å²) in [7, 11) is -3.97. The van der Waals surface area contributed by atoms with Crippen LogP contribution in [0.2, 0.25) is 0 Å². The second-order valence-electron chi connectivity index (χ2n) is 5.32. The topological polar surface area (TPSA) is 115 Å². The highest BCUT2D eigenvalue weighted by Gasteiger charge is 2.36. The highest BCUT2D eigenvalue weighted by atomic mass is 32.2. The van der Waals surface area contributed by atoms with Crippen LogP contribution >= 0.6 is 0 Å². The first-order valence-corrected chi connectivity index (χ1v) is 7.80. The molecule has 2 rings (SSSR count). The van der Waals surface area contributed by atoms with Crippen molar-refractivity contribution in [3.8, 4) is 0 Å². The molecule has 0 atom stereocenters. The van der Waals surface area contributed by atoms with E-state index in [0.29, 0.717) is 0 Å². The van der Waals surface area contributed by atoms with E-state index in [9.17, 15) is 18.5 Å². The van der Waals surface area contributed by atoms with E-state index in [1.54, 1.807) is 0 Å². The lowest BCUT2D eigenvalue weighted by atomic mass is 10.0. The molecule has 0 radical (unpaired) electrons. The maximum absolute atomic E-state index is 12.4. The van der Waals surface area contributed by atoms with Crippen LogP contribution in [0, 0.1) is 10.1 Å². The Labute approximate surface area is 117 Å². The standard InChI is InChI=1S/C12H17N3O4S/c1-12(7-2-3-8-12)14-20(18,19)10-6-4-5-9(13)11(10)15(16)17/h4-6,14H,2-3,7-8,13H2,1H3. The smallest absolute Gasteiger partial charge is 0.312 e. The van der Waals surface area contributed by atoms with Crippen LogP contribution in [0.3, 0.4) is 0 Å². The minimum Gasteiger partial charge on any atom is -0.393 e. The Morgan fingerprint density at radius 2 is 1.95 bits per heavy atom. The molecular formula is C12H17N3O4S. The number of nitro benzene ring substituents is 1. The highest BCUT2D eigenvalue weighted by Crippen LogP contribution is 2.34. The first kappa shape index (κ1) is 14.7. The fourth-order valence-electron chi connectivity index (χ4n) is 2.59. The predicted octanol–water partition coefficient (Wildman–Crippen LogP) is 1.79. The number of nitrogens with two attached hydrogens (primary N) is 1. The van der Waals surface area contributed by atoms with Crippen molar-refractivity contribution in [1.82, 2.24) is 4.72 Å². The summed E-state index contributed by atoms with van der Waals surface area (Å²) in [5, 5.41) is 11.0. The Balaban J connectivity index is 2.45. The molecule has 20 heavy (non-hydrogen) atoms. The monoisotopic (exact) mass is 299 g/mol. The van der Waals surface area contributed by atoms with Crippen molar-refractivity contribution in [2.75, 3.05) is 5.73 Å². The van der Waals surface area contributed by atoms with Gasteiger partial charge in [-0.3, -0.25) is 10.1 Å². The molecule has 1 fully saturated rings. The van der Waals surface area contributed by atoms with Crippen LogP contribution < -0.4 is 10.5 Å². The molecule has 1 saturated carbocycles. The summed E-state index contributed by atoms with van der Waals surface area (Å²) >= 11 is 0. The number of nitrogens with one attached hydrogen (secondary N) is 1. The lowest BCUT2D eigenvalue weighted by Gasteiger charge is -2.24. The summed E-state index contributed by atoms with van der Waals surface area (Å²) in [6, 6.07) is 3.91. The second kappa shape index (κ2) is 5.02. The van der Waals surface area contributed by atoms with Gasteiger partial charge in [0.15, 0.2) is 4.90 Å². The molecule has 1 aliphatic carbocycles. The Bertz CT molecular complexity index is 636. The molecule has 0 heterocycles. The number of sulfonamides is 1. The van der Waals surface area contributed by atoms with Gasteiger partial charge in [-0.05, 0) is 31.9 Å². The number of para-hydroxylation sites is 1. The molecule has 0 amide bonds. The van der Waals surface area contributed by atoms with E-state index in [-0.39, 0.29) is 10.6 Å². The molecule has 0 spiro atoms. The fourth-order valence-corrected chi connectivity index (χ4v) is 4.26. The zero-order valence-electron chi connectivity index (χ0n) is 11.1. The zero-order chi connectivity index (χ0) is 15.0. The van der Waals surface area contributed by atoms with Gasteiger partial charge in [0.05, 0.1) is 4.92 Å². The second-order valence-corrected chi connectivity index (χ2v) is 6.98. The van der Waals surface area contributed by atoms with Gasteiger partial charge in [-0.25, -0.2) is 13.1 Å². The number of benzene rings is 1. The summed E-state index contributed by atoms with van der Waals surface area (Å²) in [6.07, 6.45) is 3.33. The molecule has 0 aliphatic heterocycles. The third-order valence-electron chi connectivity index (χ3n) is 3.59. The molecule has 1 aliphatic rings. The third kappa shape index (κ3) is 2.75. The lowest BCUT2D eigenvalue weighted by Crippen LogP contribution is -2.43. The van der Waals surface area contributed by atoms with Gasteiger partial charge in [0.25, 0.3) is 0 Å². The average Bonchev–Trinajstić information content (AvgIpc) is 2.73. The summed E-state index contributed by atoms with van der Waals surface area (Å²) in [5.74, 6) is 0. The largest absolute Gasteiger partial charge is 0.393 e. The Morgan fingerprint density at radius 3 is 2.50 bits per heavy atom. The van der Waals surface area contributed by atoms with Crippen molar-refractivity contribution in [2.45, 2.75) is 43.0 Å². The Kier molecular flexibility index (Phi) is 3.70. The van der Waals surface area contributed by atoms with Gasteiger partial charge in [-0.15, -0.1) is 0 Å². The van der Waals surface area contributed by atoms with E-state index < -0.39 is 26.2 Å². The van der Waals surface area contributed by atoms with Crippen LogP contribution in [0.1, 0.15) is 32.6 Å². The van der Waals surface area contributed by atoms with E-state index in [0.717, 1.165) is 25.7 Å². The first-order chi connectivity index (χ1) is 9.25. The van der Waals surface area contributed by atoms with Crippen LogP contribution in [-0.2, 0) is 10.0 Å². The maximum atomic E-state index is 12.4. The molecule has 0 aromatic heterocycles. The van der Waals surface area contributed by atoms with Gasteiger partial charge in [-0.2, -0.15) is 0 Å². The van der Waals surface area contributed by atoms with E-state index >= 15 is 0 Å². The van der Waals surface area contributed by atoms with Crippen molar-refractivity contribution in [3.63, 3.8) is 0 Å². The van der Waals surface area contributed by atoms with E-state index in [4.69, 9.17) is 5.73 Å². The number of nitro groups is 1. The molecule has 0 unspecified atom stereocenters. The molecule has 3 N–H and O–H groups in total. The average molecular weight is 299 g/mol. The number of nitrogen functional groups attached to an aromatic ring is 1. The van der Waals surface area contributed by atoms with Gasteiger partial charge in [0.2, 0.25) is 10.0 Å². The van der Waals surface area contributed by atoms with Gasteiger partial charge >= 0.3 is 5.69 Å². The predicted molar refractivity (Wildman–Crippen MR) is 74.7 cm³/mol. The minimum absolute atomic E-state index is 0.158. The van der Waals surface area contributed by atoms with Gasteiger partial charge in [-0.1, -0.05) is 18.9 Å². The molecule has 0 saturated heterocycles. The van der Waals surface area contributed by atoms with Crippen LogP contribution in [0.4, 0.5) is 11.4 Å². The number of anilines is 1. The van der Waals surface area contributed by atoms with Crippen molar-refractivity contribution in [1.29, 1.82) is 0 Å². The van der Waals surface area contributed by atoms with E-state index in [2.05, 4.69) is 4.72 Å². The zero-order valence-corrected chi connectivity index (χ0v) is 11.9. The number of rotatable bonds is 4. The SMILES string of the molecule is CC1(NS(=O)(=O)c2cccc(N)c2[N+](=O)[O-])CCCC1. The van der Waals surface area contributed by atoms with Crippen molar-refractivity contribution < 1.29 is 13.3 Å². The molecule has 7 nitrogen and oxygen atoms in total. The number of nitrogens with zero attached hydrogens (tertiary/aromatic N) is 1. The van der Waals surface area contributed by atoms with Crippen LogP contribution in [0.5, 0.6) is 0 Å². The Hall–Kier alpha value is -1.67. The number of hydrogen-bond acceptors (Lipinski definition) is 5. The Morgan fingerprint density at radius 1 is 1.35 bits per heavy atom. The summed E-state index contributed by atoms with van der Waals surface area (Å²) in [5.41, 5.74) is 4.26. The van der Waals surface area contributed by atoms with Crippen LogP contribution in [-0.4, -0.2) is 18.9 Å². The van der Waals surface area contributed by atoms with Gasteiger partial charge in [0, 0.05) is 5.54 Å². The van der Waals surface area contributed by atoms with E-state index in [1.165, 1.54) is 18.2 Å². The molecule has 8 heteroatoms. The van der Waals surface area contributed by atoms with E-state index in [1.807, 2.05) is 6.92 Å². The van der Waals surface area contributed by atoms with Crippen molar-refractivity contribution in [2.24, 2.45) is 0 Å². The fraction of sp³-hybridized carbons (Fsp3) is 0.500. The molecule has 110 valence electrons. The normalized spacial score (nSPS) is 18.1. The first-order valence-electron chi connectivity index (χ1n) is 6.32. The molecule has 1 aromatic rings. The quantitative estimate of drug-likeness (QED) is 0.499. The highest BCUT2D eigenvalue weighted by molar-refractivity contribution is 7.89. The van der Waals surface area contributed by atoms with Gasteiger partial charge in [0.1, 0.15) is 5.69 Å². The van der Waals surface area contributed by atoms with Crippen LogP contribution in [0.15, 0.2) is 23.1 Å². The molecular weight excluding hydrogens is 282 g/mol. The summed E-state index contributed by atoms with van der Waals surface area (Å²) < 4.78 is 27.4. The minimum atomic E-state index is -3.97. The maximum Gasteiger partial charge on any atom is 0.312 e. The van der Waals surface area contributed by atoms with Crippen molar-refractivity contribution >= 4 is 21.4 Å². The lowest BCUT2D eigenvalue weighted by molar-refractivity contribution is -0.386.